The van der Waals surface area contributed by atoms with Crippen LogP contribution in [0.2, 0.25) is 0 Å². The van der Waals surface area contributed by atoms with E-state index in [-0.39, 0.29) is 11.3 Å². The average molecular weight is 469 g/mol. The molecule has 2 heterocycles. The Bertz CT molecular complexity index is 1030. The number of pyridine rings is 1. The standard InChI is InChI=1S/C26H32N2O6/c1-17(2)10-15-34-20-7-6-19(16-21(20)33-4)23-22(24(29)18-8-11-27-12-9-18)25(30)26(31)28(23)13-5-14-32-3/h6-9,11-12,16-17,23,29H,5,10,13-15H2,1-4H3. The normalized spacial score (nSPS) is 17.4. The van der Waals surface area contributed by atoms with E-state index in [4.69, 9.17) is 14.2 Å². The van der Waals surface area contributed by atoms with Crippen LogP contribution in [-0.4, -0.2) is 60.7 Å². The fourth-order valence-electron chi connectivity index (χ4n) is 3.88. The average Bonchev–Trinajstić information content (AvgIpc) is 3.09. The summed E-state index contributed by atoms with van der Waals surface area (Å²) in [7, 11) is 3.12. The molecule has 8 heteroatoms. The number of methoxy groups -OCH3 is 2. The minimum absolute atomic E-state index is 0.0316. The quantitative estimate of drug-likeness (QED) is 0.231. The van der Waals surface area contributed by atoms with E-state index in [1.165, 1.54) is 17.3 Å². The van der Waals surface area contributed by atoms with E-state index in [9.17, 15) is 14.7 Å². The van der Waals surface area contributed by atoms with Gasteiger partial charge in [0, 0.05) is 38.2 Å². The Balaban J connectivity index is 2.05. The van der Waals surface area contributed by atoms with Crippen molar-refractivity contribution >= 4 is 17.4 Å². The second kappa shape index (κ2) is 11.7. The van der Waals surface area contributed by atoms with Crippen molar-refractivity contribution in [2.24, 2.45) is 5.92 Å². The highest BCUT2D eigenvalue weighted by atomic mass is 16.5. The molecule has 1 saturated heterocycles. The van der Waals surface area contributed by atoms with Gasteiger partial charge in [0.1, 0.15) is 5.76 Å². The van der Waals surface area contributed by atoms with Gasteiger partial charge in [0.2, 0.25) is 0 Å². The van der Waals surface area contributed by atoms with Crippen LogP contribution in [0.3, 0.4) is 0 Å². The van der Waals surface area contributed by atoms with Gasteiger partial charge in [0.25, 0.3) is 11.7 Å². The number of ketones is 1. The molecule has 34 heavy (non-hydrogen) atoms. The van der Waals surface area contributed by atoms with Crippen LogP contribution in [0.25, 0.3) is 5.76 Å². The summed E-state index contributed by atoms with van der Waals surface area (Å²) in [4.78, 5) is 31.5. The maximum atomic E-state index is 13.1. The second-order valence-electron chi connectivity index (χ2n) is 8.52. The van der Waals surface area contributed by atoms with Crippen LogP contribution in [0.15, 0.2) is 48.3 Å². The number of aromatic nitrogens is 1. The van der Waals surface area contributed by atoms with Gasteiger partial charge >= 0.3 is 0 Å². The zero-order valence-corrected chi connectivity index (χ0v) is 20.1. The number of Topliss-reactive ketones (excluding diaryl/α,β-unsaturated/α-hetero) is 1. The van der Waals surface area contributed by atoms with Crippen molar-refractivity contribution in [2.45, 2.75) is 32.7 Å². The molecule has 0 radical (unpaired) electrons. The monoisotopic (exact) mass is 468 g/mol. The number of aliphatic hydroxyl groups is 1. The van der Waals surface area contributed by atoms with Gasteiger partial charge in [-0.05, 0) is 48.6 Å². The molecule has 1 aromatic heterocycles. The number of carbonyl (C=O) groups excluding carboxylic acids is 2. The van der Waals surface area contributed by atoms with Crippen molar-refractivity contribution in [3.63, 3.8) is 0 Å². The minimum atomic E-state index is -0.774. The Kier molecular flexibility index (Phi) is 8.65. The summed E-state index contributed by atoms with van der Waals surface area (Å²) in [6.07, 6.45) is 4.48. The third-order valence-corrected chi connectivity index (χ3v) is 5.70. The van der Waals surface area contributed by atoms with Crippen molar-refractivity contribution in [2.75, 3.05) is 34.0 Å². The molecule has 1 aliphatic rings. The first-order chi connectivity index (χ1) is 16.4. The molecule has 1 aromatic carbocycles. The van der Waals surface area contributed by atoms with Crippen molar-refractivity contribution in [3.8, 4) is 11.5 Å². The number of likely N-dealkylation sites (tertiary alicyclic amines) is 1. The Morgan fingerprint density at radius 2 is 1.82 bits per heavy atom. The van der Waals surface area contributed by atoms with Crippen LogP contribution < -0.4 is 9.47 Å². The molecule has 2 aromatic rings. The largest absolute Gasteiger partial charge is 0.507 e. The van der Waals surface area contributed by atoms with E-state index in [1.807, 2.05) is 0 Å². The fraction of sp³-hybridized carbons (Fsp3) is 0.423. The van der Waals surface area contributed by atoms with Gasteiger partial charge in [0.05, 0.1) is 25.3 Å². The van der Waals surface area contributed by atoms with Crippen LogP contribution in [0, 0.1) is 5.92 Å². The molecule has 182 valence electrons. The lowest BCUT2D eigenvalue weighted by Gasteiger charge is -2.26. The molecule has 1 amide bonds. The number of amides is 1. The highest BCUT2D eigenvalue weighted by molar-refractivity contribution is 6.46. The maximum absolute atomic E-state index is 13.1. The van der Waals surface area contributed by atoms with E-state index in [0.717, 1.165) is 6.42 Å². The van der Waals surface area contributed by atoms with E-state index in [2.05, 4.69) is 18.8 Å². The predicted octanol–water partition coefficient (Wildman–Crippen LogP) is 3.97. The lowest BCUT2D eigenvalue weighted by molar-refractivity contribution is -0.140. The molecule has 1 fully saturated rings. The maximum Gasteiger partial charge on any atom is 0.295 e. The van der Waals surface area contributed by atoms with Gasteiger partial charge in [-0.15, -0.1) is 0 Å². The second-order valence-corrected chi connectivity index (χ2v) is 8.52. The van der Waals surface area contributed by atoms with Crippen LogP contribution in [0.4, 0.5) is 0 Å². The van der Waals surface area contributed by atoms with Gasteiger partial charge in [-0.25, -0.2) is 0 Å². The molecule has 1 aliphatic heterocycles. The number of hydrogen-bond acceptors (Lipinski definition) is 7. The molecule has 0 spiro atoms. The van der Waals surface area contributed by atoms with Crippen LogP contribution in [0.5, 0.6) is 11.5 Å². The number of benzene rings is 1. The highest BCUT2D eigenvalue weighted by Crippen LogP contribution is 2.42. The van der Waals surface area contributed by atoms with Crippen molar-refractivity contribution < 1.29 is 28.9 Å². The predicted molar refractivity (Wildman–Crippen MR) is 128 cm³/mol. The van der Waals surface area contributed by atoms with E-state index in [1.54, 1.807) is 44.6 Å². The number of aliphatic hydroxyl groups excluding tert-OH is 1. The number of hydrogen-bond donors (Lipinski definition) is 1. The minimum Gasteiger partial charge on any atom is -0.507 e. The van der Waals surface area contributed by atoms with Gasteiger partial charge in [-0.2, -0.15) is 0 Å². The summed E-state index contributed by atoms with van der Waals surface area (Å²) in [5.41, 5.74) is 1.08. The lowest BCUT2D eigenvalue weighted by Crippen LogP contribution is -2.31. The molecule has 1 atom stereocenters. The molecule has 3 rings (SSSR count). The first-order valence-electron chi connectivity index (χ1n) is 11.4. The Morgan fingerprint density at radius 1 is 1.09 bits per heavy atom. The van der Waals surface area contributed by atoms with Crippen molar-refractivity contribution in [1.82, 2.24) is 9.88 Å². The number of rotatable bonds is 11. The van der Waals surface area contributed by atoms with Crippen molar-refractivity contribution in [1.29, 1.82) is 0 Å². The molecular formula is C26H32N2O6. The smallest absolute Gasteiger partial charge is 0.295 e. The summed E-state index contributed by atoms with van der Waals surface area (Å²) >= 11 is 0. The number of ether oxygens (including phenoxy) is 3. The Labute approximate surface area is 200 Å². The number of nitrogens with zero attached hydrogens (tertiary/aromatic N) is 2. The third kappa shape index (κ3) is 5.56. The van der Waals surface area contributed by atoms with E-state index < -0.39 is 17.7 Å². The summed E-state index contributed by atoms with van der Waals surface area (Å²) in [6.45, 7) is 5.53. The molecule has 8 nitrogen and oxygen atoms in total. The molecule has 1 N–H and O–H groups in total. The summed E-state index contributed by atoms with van der Waals surface area (Å²) in [6, 6.07) is 7.74. The SMILES string of the molecule is COCCCN1C(=O)C(=O)C(=C(O)c2ccncc2)C1c1ccc(OCCC(C)C)c(OC)c1. The molecular weight excluding hydrogens is 436 g/mol. The van der Waals surface area contributed by atoms with Crippen molar-refractivity contribution in [3.05, 3.63) is 59.4 Å². The number of carbonyl (C=O) groups is 2. The molecule has 1 unspecified atom stereocenters. The summed E-state index contributed by atoms with van der Waals surface area (Å²) in [5, 5.41) is 11.1. The fourth-order valence-corrected chi connectivity index (χ4v) is 3.88. The van der Waals surface area contributed by atoms with Gasteiger partial charge in [0.15, 0.2) is 11.5 Å². The highest BCUT2D eigenvalue weighted by Gasteiger charge is 2.46. The Hall–Kier alpha value is -3.39. The van der Waals surface area contributed by atoms with E-state index >= 15 is 0 Å². The third-order valence-electron chi connectivity index (χ3n) is 5.70. The zero-order chi connectivity index (χ0) is 24.7. The van der Waals surface area contributed by atoms with Gasteiger partial charge in [-0.1, -0.05) is 19.9 Å². The topological polar surface area (TPSA) is 98.2 Å². The zero-order valence-electron chi connectivity index (χ0n) is 20.1. The van der Waals surface area contributed by atoms with Gasteiger partial charge in [-0.3, -0.25) is 14.6 Å². The molecule has 0 saturated carbocycles. The van der Waals surface area contributed by atoms with Gasteiger partial charge < -0.3 is 24.2 Å². The van der Waals surface area contributed by atoms with Crippen LogP contribution >= 0.6 is 0 Å². The summed E-state index contributed by atoms with van der Waals surface area (Å²) < 4.78 is 16.6. The Morgan fingerprint density at radius 3 is 2.47 bits per heavy atom. The summed E-state index contributed by atoms with van der Waals surface area (Å²) in [5.74, 6) is -0.0487. The first-order valence-corrected chi connectivity index (χ1v) is 11.4. The van der Waals surface area contributed by atoms with E-state index in [0.29, 0.717) is 54.7 Å². The lowest BCUT2D eigenvalue weighted by atomic mass is 9.95. The van der Waals surface area contributed by atoms with Crippen LogP contribution in [0.1, 0.15) is 43.9 Å². The van der Waals surface area contributed by atoms with Crippen LogP contribution in [-0.2, 0) is 14.3 Å². The molecule has 0 aliphatic carbocycles. The molecule has 0 bridgehead atoms. The first kappa shape index (κ1) is 25.2.